The van der Waals surface area contributed by atoms with E-state index in [1.807, 2.05) is 31.2 Å². The third-order valence-electron chi connectivity index (χ3n) is 6.56. The number of hydrogen-bond acceptors (Lipinski definition) is 6. The summed E-state index contributed by atoms with van der Waals surface area (Å²) in [5, 5.41) is 3.81. The molecule has 36 heavy (non-hydrogen) atoms. The van der Waals surface area contributed by atoms with Crippen molar-refractivity contribution in [2.24, 2.45) is 5.41 Å². The molecule has 6 nitrogen and oxygen atoms in total. The van der Waals surface area contributed by atoms with Crippen LogP contribution in [0.5, 0.6) is 11.5 Å². The molecule has 0 aromatic heterocycles. The van der Waals surface area contributed by atoms with Crippen molar-refractivity contribution in [1.82, 2.24) is 5.32 Å². The van der Waals surface area contributed by atoms with Crippen LogP contribution in [0, 0.1) is 5.41 Å². The van der Waals surface area contributed by atoms with E-state index in [1.165, 1.54) is 7.11 Å². The number of esters is 1. The second-order valence-electron chi connectivity index (χ2n) is 9.86. The van der Waals surface area contributed by atoms with Gasteiger partial charge >= 0.3 is 5.97 Å². The topological polar surface area (TPSA) is 73.9 Å². The maximum absolute atomic E-state index is 13.4. The van der Waals surface area contributed by atoms with Gasteiger partial charge in [0.2, 0.25) is 0 Å². The number of Topliss-reactive ketones (excluding diaryl/α,β-unsaturated/α-hetero) is 1. The molecule has 190 valence electrons. The normalized spacial score (nSPS) is 19.0. The molecule has 0 radical (unpaired) electrons. The summed E-state index contributed by atoms with van der Waals surface area (Å²) in [7, 11) is 2.94. The number of allylic oxidation sites excluding steroid dienone is 3. The molecule has 0 spiro atoms. The van der Waals surface area contributed by atoms with Crippen LogP contribution in [-0.2, 0) is 20.9 Å². The van der Waals surface area contributed by atoms with E-state index in [-0.39, 0.29) is 17.8 Å². The highest BCUT2D eigenvalue weighted by molar-refractivity contribution is 9.10. The quantitative estimate of drug-likeness (QED) is 0.399. The van der Waals surface area contributed by atoms with Gasteiger partial charge in [0.1, 0.15) is 18.1 Å². The molecule has 2 aromatic carbocycles. The van der Waals surface area contributed by atoms with Crippen molar-refractivity contribution < 1.29 is 23.8 Å². The first-order valence-electron chi connectivity index (χ1n) is 11.6. The summed E-state index contributed by atoms with van der Waals surface area (Å²) < 4.78 is 17.6. The lowest BCUT2D eigenvalue weighted by Crippen LogP contribution is -2.38. The van der Waals surface area contributed by atoms with E-state index in [4.69, 9.17) is 25.8 Å². The van der Waals surface area contributed by atoms with Gasteiger partial charge in [-0.05, 0) is 54.7 Å². The summed E-state index contributed by atoms with van der Waals surface area (Å²) >= 11 is 9.73. The smallest absolute Gasteiger partial charge is 0.336 e. The number of carbonyl (C=O) groups excluding carboxylic acids is 2. The van der Waals surface area contributed by atoms with E-state index in [2.05, 4.69) is 35.1 Å². The average molecular weight is 575 g/mol. The number of ketones is 1. The molecule has 2 aromatic rings. The van der Waals surface area contributed by atoms with Crippen molar-refractivity contribution in [3.63, 3.8) is 0 Å². The van der Waals surface area contributed by atoms with Crippen LogP contribution in [0.1, 0.15) is 50.7 Å². The number of dihydropyridines is 1. The summed E-state index contributed by atoms with van der Waals surface area (Å²) in [5.41, 5.74) is 3.98. The third-order valence-corrected chi connectivity index (χ3v) is 7.35. The average Bonchev–Trinajstić information content (AvgIpc) is 2.81. The summed E-state index contributed by atoms with van der Waals surface area (Å²) in [4.78, 5) is 26.4. The number of hydrogen-bond donors (Lipinski definition) is 1. The predicted molar refractivity (Wildman–Crippen MR) is 142 cm³/mol. The lowest BCUT2D eigenvalue weighted by atomic mass is 9.68. The molecule has 0 amide bonds. The van der Waals surface area contributed by atoms with E-state index in [9.17, 15) is 9.59 Å². The Labute approximate surface area is 224 Å². The van der Waals surface area contributed by atoms with Crippen molar-refractivity contribution in [3.8, 4) is 11.5 Å². The van der Waals surface area contributed by atoms with E-state index >= 15 is 0 Å². The minimum atomic E-state index is -0.557. The van der Waals surface area contributed by atoms with Crippen molar-refractivity contribution in [1.29, 1.82) is 0 Å². The molecule has 1 heterocycles. The van der Waals surface area contributed by atoms with Crippen LogP contribution in [0.25, 0.3) is 0 Å². The van der Waals surface area contributed by atoms with Crippen LogP contribution in [-0.4, -0.2) is 26.0 Å². The second kappa shape index (κ2) is 10.3. The Morgan fingerprint density at radius 3 is 2.53 bits per heavy atom. The standard InChI is InChI=1S/C28H29BrClNO5/c1-15-24(27(33)35-5)25(26-20(31-15)12-28(2,3)13-21(26)32)16-6-8-22(34-4)17(10-16)14-36-23-9-7-18(29)11-19(23)30/h6-11,25,31H,12-14H2,1-5H3/t25-/m0/s1. The zero-order valence-corrected chi connectivity index (χ0v) is 23.3. The molecule has 8 heteroatoms. The van der Waals surface area contributed by atoms with E-state index in [1.54, 1.807) is 19.2 Å². The Bertz CT molecular complexity index is 1300. The van der Waals surface area contributed by atoms with Crippen LogP contribution >= 0.6 is 27.5 Å². The van der Waals surface area contributed by atoms with Crippen molar-refractivity contribution in [3.05, 3.63) is 79.6 Å². The Morgan fingerprint density at radius 2 is 1.86 bits per heavy atom. The van der Waals surface area contributed by atoms with Gasteiger partial charge in [-0.3, -0.25) is 4.79 Å². The molecular weight excluding hydrogens is 546 g/mol. The molecule has 4 rings (SSSR count). The number of halogens is 2. The predicted octanol–water partition coefficient (Wildman–Crippen LogP) is 6.47. The van der Waals surface area contributed by atoms with Crippen molar-refractivity contribution in [2.45, 2.75) is 46.1 Å². The lowest BCUT2D eigenvalue weighted by Gasteiger charge is -2.39. The molecule has 1 aliphatic carbocycles. The van der Waals surface area contributed by atoms with Gasteiger partial charge in [-0.25, -0.2) is 4.79 Å². The number of benzene rings is 2. The fourth-order valence-corrected chi connectivity index (χ4v) is 5.72. The first-order chi connectivity index (χ1) is 17.0. The Kier molecular flexibility index (Phi) is 7.53. The van der Waals surface area contributed by atoms with Gasteiger partial charge in [-0.2, -0.15) is 0 Å². The summed E-state index contributed by atoms with van der Waals surface area (Å²) in [6.45, 7) is 6.19. The third kappa shape index (κ3) is 5.18. The van der Waals surface area contributed by atoms with Crippen LogP contribution in [0.3, 0.4) is 0 Å². The summed E-state index contributed by atoms with van der Waals surface area (Å²) in [6.07, 6.45) is 1.12. The summed E-state index contributed by atoms with van der Waals surface area (Å²) in [6, 6.07) is 11.1. The minimum Gasteiger partial charge on any atom is -0.496 e. The number of nitrogens with one attached hydrogen (secondary N) is 1. The van der Waals surface area contributed by atoms with Crippen LogP contribution in [0.2, 0.25) is 5.02 Å². The van der Waals surface area contributed by atoms with Crippen LogP contribution in [0.4, 0.5) is 0 Å². The van der Waals surface area contributed by atoms with Gasteiger partial charge in [0.15, 0.2) is 5.78 Å². The molecule has 0 fully saturated rings. The van der Waals surface area contributed by atoms with E-state index in [0.717, 1.165) is 21.3 Å². The van der Waals surface area contributed by atoms with Gasteiger partial charge in [-0.1, -0.05) is 47.4 Å². The van der Waals surface area contributed by atoms with Gasteiger partial charge in [0.25, 0.3) is 0 Å². The fourth-order valence-electron chi connectivity index (χ4n) is 4.99. The molecule has 0 saturated carbocycles. The van der Waals surface area contributed by atoms with Gasteiger partial charge in [0.05, 0.1) is 24.8 Å². The highest BCUT2D eigenvalue weighted by Crippen LogP contribution is 2.47. The SMILES string of the molecule is COC(=O)C1=C(C)NC2=C(C(=O)CC(C)(C)C2)[C@H]1c1ccc(OC)c(COc2ccc(Br)cc2Cl)c1. The van der Waals surface area contributed by atoms with Crippen LogP contribution < -0.4 is 14.8 Å². The molecular formula is C28H29BrClNO5. The molecule has 0 unspecified atom stereocenters. The second-order valence-corrected chi connectivity index (χ2v) is 11.2. The van der Waals surface area contributed by atoms with Gasteiger partial charge in [0, 0.05) is 39.3 Å². The molecule has 1 aliphatic heterocycles. The zero-order valence-electron chi connectivity index (χ0n) is 21.0. The number of rotatable bonds is 6. The monoisotopic (exact) mass is 573 g/mol. The maximum Gasteiger partial charge on any atom is 0.336 e. The summed E-state index contributed by atoms with van der Waals surface area (Å²) in [5.74, 6) is 0.173. The molecule has 1 N–H and O–H groups in total. The fraction of sp³-hybridized carbons (Fsp3) is 0.357. The lowest BCUT2D eigenvalue weighted by molar-refractivity contribution is -0.136. The highest BCUT2D eigenvalue weighted by atomic mass is 79.9. The number of carbonyl (C=O) groups is 2. The maximum atomic E-state index is 13.4. The molecule has 0 bridgehead atoms. The van der Waals surface area contributed by atoms with Crippen LogP contribution in [0.15, 0.2) is 63.4 Å². The number of methoxy groups -OCH3 is 2. The Balaban J connectivity index is 1.78. The molecule has 1 atom stereocenters. The van der Waals surface area contributed by atoms with E-state index < -0.39 is 11.9 Å². The largest absolute Gasteiger partial charge is 0.496 e. The van der Waals surface area contributed by atoms with Crippen molar-refractivity contribution in [2.75, 3.05) is 14.2 Å². The Hall–Kier alpha value is -2.77. The van der Waals surface area contributed by atoms with Gasteiger partial charge in [-0.15, -0.1) is 0 Å². The Morgan fingerprint density at radius 1 is 1.14 bits per heavy atom. The first-order valence-corrected chi connectivity index (χ1v) is 12.8. The highest BCUT2D eigenvalue weighted by Gasteiger charge is 2.43. The minimum absolute atomic E-state index is 0.0305. The molecule has 2 aliphatic rings. The van der Waals surface area contributed by atoms with Gasteiger partial charge < -0.3 is 19.5 Å². The van der Waals surface area contributed by atoms with E-state index in [0.29, 0.717) is 46.2 Å². The zero-order chi connectivity index (χ0) is 26.2. The molecule has 0 saturated heterocycles. The van der Waals surface area contributed by atoms with Crippen molar-refractivity contribution >= 4 is 39.3 Å². The first kappa shape index (κ1) is 26.3. The number of ether oxygens (including phenoxy) is 3.